The van der Waals surface area contributed by atoms with Crippen LogP contribution < -0.4 is 11.1 Å². The van der Waals surface area contributed by atoms with Crippen LogP contribution in [0.4, 0.5) is 0 Å². The molecule has 3 atom stereocenters. The van der Waals surface area contributed by atoms with Crippen LogP contribution in [0.15, 0.2) is 0 Å². The third-order valence-corrected chi connectivity index (χ3v) is 4.35. The van der Waals surface area contributed by atoms with E-state index in [4.69, 9.17) is 10.5 Å². The van der Waals surface area contributed by atoms with E-state index in [1.165, 1.54) is 0 Å². The fourth-order valence-electron chi connectivity index (χ4n) is 2.88. The van der Waals surface area contributed by atoms with Crippen LogP contribution in [0, 0.1) is 11.3 Å². The van der Waals surface area contributed by atoms with Crippen molar-refractivity contribution in [2.75, 3.05) is 19.8 Å². The Balaban J connectivity index is 1.80. The Morgan fingerprint density at radius 3 is 2.88 bits per heavy atom. The maximum atomic E-state index is 12.2. The number of rotatable bonds is 3. The Labute approximate surface area is 103 Å². The van der Waals surface area contributed by atoms with Crippen LogP contribution in [0.2, 0.25) is 0 Å². The van der Waals surface area contributed by atoms with Gasteiger partial charge in [0.25, 0.3) is 0 Å². The Bertz CT molecular complexity index is 277. The maximum absolute atomic E-state index is 12.2. The van der Waals surface area contributed by atoms with Crippen LogP contribution in [-0.2, 0) is 9.53 Å². The second-order valence-electron chi connectivity index (χ2n) is 5.71. The lowest BCUT2D eigenvalue weighted by Gasteiger charge is -2.29. The second-order valence-corrected chi connectivity index (χ2v) is 5.71. The van der Waals surface area contributed by atoms with Gasteiger partial charge >= 0.3 is 0 Å². The predicted molar refractivity (Wildman–Crippen MR) is 66.5 cm³/mol. The molecule has 2 rings (SSSR count). The number of ether oxygens (including phenoxy) is 1. The van der Waals surface area contributed by atoms with Gasteiger partial charge < -0.3 is 15.8 Å². The average Bonchev–Trinajstić information content (AvgIpc) is 2.69. The van der Waals surface area contributed by atoms with Gasteiger partial charge in [-0.05, 0) is 38.5 Å². The molecule has 0 bridgehead atoms. The van der Waals surface area contributed by atoms with E-state index in [-0.39, 0.29) is 17.4 Å². The number of hydrogen-bond acceptors (Lipinski definition) is 3. The van der Waals surface area contributed by atoms with Gasteiger partial charge in [-0.1, -0.05) is 6.42 Å². The summed E-state index contributed by atoms with van der Waals surface area (Å²) in [5.41, 5.74) is 5.69. The van der Waals surface area contributed by atoms with E-state index in [0.717, 1.165) is 51.9 Å². The summed E-state index contributed by atoms with van der Waals surface area (Å²) in [6, 6.07) is 0.0186. The van der Waals surface area contributed by atoms with Crippen LogP contribution >= 0.6 is 0 Å². The normalized spacial score (nSPS) is 38.0. The van der Waals surface area contributed by atoms with Gasteiger partial charge in [-0.15, -0.1) is 0 Å². The van der Waals surface area contributed by atoms with E-state index in [1.54, 1.807) is 0 Å². The minimum Gasteiger partial charge on any atom is -0.381 e. The summed E-state index contributed by atoms with van der Waals surface area (Å²) in [5.74, 6) is 0.613. The summed E-state index contributed by atoms with van der Waals surface area (Å²) in [4.78, 5) is 12.2. The monoisotopic (exact) mass is 240 g/mol. The standard InChI is InChI=1S/C13H24N2O2/c1-13(6-2-5-11(13)14)12(16)15-8-10-4-3-7-17-9-10/h10-11H,2-9,14H2,1H3,(H,15,16). The molecule has 0 aromatic rings. The van der Waals surface area contributed by atoms with Gasteiger partial charge in [0.15, 0.2) is 0 Å². The van der Waals surface area contributed by atoms with E-state index in [1.807, 2.05) is 6.92 Å². The van der Waals surface area contributed by atoms with Crippen molar-refractivity contribution in [3.63, 3.8) is 0 Å². The van der Waals surface area contributed by atoms with Crippen molar-refractivity contribution in [1.82, 2.24) is 5.32 Å². The van der Waals surface area contributed by atoms with Gasteiger partial charge in [0.05, 0.1) is 12.0 Å². The highest BCUT2D eigenvalue weighted by molar-refractivity contribution is 5.83. The van der Waals surface area contributed by atoms with Gasteiger partial charge in [0, 0.05) is 19.2 Å². The third kappa shape index (κ3) is 2.80. The zero-order valence-corrected chi connectivity index (χ0v) is 10.7. The van der Waals surface area contributed by atoms with Crippen LogP contribution in [0.25, 0.3) is 0 Å². The lowest BCUT2D eigenvalue weighted by atomic mass is 9.84. The molecule has 2 aliphatic rings. The molecule has 1 aliphatic carbocycles. The molecular weight excluding hydrogens is 216 g/mol. The van der Waals surface area contributed by atoms with Gasteiger partial charge in [0.2, 0.25) is 5.91 Å². The largest absolute Gasteiger partial charge is 0.381 e. The fourth-order valence-corrected chi connectivity index (χ4v) is 2.88. The zero-order valence-electron chi connectivity index (χ0n) is 10.7. The lowest BCUT2D eigenvalue weighted by molar-refractivity contribution is -0.130. The van der Waals surface area contributed by atoms with Crippen molar-refractivity contribution in [3.05, 3.63) is 0 Å². The smallest absolute Gasteiger partial charge is 0.227 e. The molecule has 3 unspecified atom stereocenters. The van der Waals surface area contributed by atoms with Crippen molar-refractivity contribution in [2.24, 2.45) is 17.1 Å². The van der Waals surface area contributed by atoms with Crippen LogP contribution in [-0.4, -0.2) is 31.7 Å². The molecule has 0 aromatic carbocycles. The summed E-state index contributed by atoms with van der Waals surface area (Å²) in [5, 5.41) is 3.07. The molecule has 4 nitrogen and oxygen atoms in total. The Kier molecular flexibility index (Phi) is 4.05. The number of carbonyl (C=O) groups excluding carboxylic acids is 1. The minimum absolute atomic E-state index is 0.0186. The van der Waals surface area contributed by atoms with Crippen LogP contribution in [0.1, 0.15) is 39.0 Å². The predicted octanol–water partition coefficient (Wildman–Crippen LogP) is 1.05. The highest BCUT2D eigenvalue weighted by atomic mass is 16.5. The van der Waals surface area contributed by atoms with Gasteiger partial charge in [-0.25, -0.2) is 0 Å². The number of carbonyl (C=O) groups is 1. The van der Waals surface area contributed by atoms with Crippen molar-refractivity contribution in [1.29, 1.82) is 0 Å². The molecule has 98 valence electrons. The van der Waals surface area contributed by atoms with E-state index in [0.29, 0.717) is 5.92 Å². The topological polar surface area (TPSA) is 64.3 Å². The molecule has 0 aromatic heterocycles. The summed E-state index contributed by atoms with van der Waals surface area (Å²) in [6.07, 6.45) is 5.22. The molecule has 4 heteroatoms. The fraction of sp³-hybridized carbons (Fsp3) is 0.923. The second kappa shape index (κ2) is 5.36. The zero-order chi connectivity index (χ0) is 12.3. The molecule has 17 heavy (non-hydrogen) atoms. The first kappa shape index (κ1) is 12.8. The molecule has 3 N–H and O–H groups in total. The minimum atomic E-state index is -0.352. The highest BCUT2D eigenvalue weighted by Gasteiger charge is 2.42. The lowest BCUT2D eigenvalue weighted by Crippen LogP contribution is -2.48. The van der Waals surface area contributed by atoms with Gasteiger partial charge in [-0.2, -0.15) is 0 Å². The summed E-state index contributed by atoms with van der Waals surface area (Å²) in [7, 11) is 0. The number of nitrogens with two attached hydrogens (primary N) is 1. The molecule has 0 radical (unpaired) electrons. The van der Waals surface area contributed by atoms with E-state index >= 15 is 0 Å². The highest BCUT2D eigenvalue weighted by Crippen LogP contribution is 2.36. The molecule has 2 fully saturated rings. The number of nitrogens with one attached hydrogen (secondary N) is 1. The Morgan fingerprint density at radius 2 is 2.29 bits per heavy atom. The number of amides is 1. The van der Waals surface area contributed by atoms with E-state index in [9.17, 15) is 4.79 Å². The van der Waals surface area contributed by atoms with Crippen LogP contribution in [0.3, 0.4) is 0 Å². The number of hydrogen-bond donors (Lipinski definition) is 2. The SMILES string of the molecule is CC1(C(=O)NCC2CCCOC2)CCCC1N. The molecular formula is C13H24N2O2. The third-order valence-electron chi connectivity index (χ3n) is 4.35. The summed E-state index contributed by atoms with van der Waals surface area (Å²) >= 11 is 0. The molecule has 1 saturated carbocycles. The average molecular weight is 240 g/mol. The molecule has 1 amide bonds. The van der Waals surface area contributed by atoms with Crippen molar-refractivity contribution in [2.45, 2.75) is 45.1 Å². The first-order chi connectivity index (χ1) is 8.13. The quantitative estimate of drug-likeness (QED) is 0.775. The Hall–Kier alpha value is -0.610. The van der Waals surface area contributed by atoms with Crippen molar-refractivity contribution in [3.8, 4) is 0 Å². The summed E-state index contributed by atoms with van der Waals surface area (Å²) < 4.78 is 5.41. The maximum Gasteiger partial charge on any atom is 0.227 e. The van der Waals surface area contributed by atoms with E-state index in [2.05, 4.69) is 5.32 Å². The first-order valence-electron chi connectivity index (χ1n) is 6.74. The molecule has 1 aliphatic heterocycles. The van der Waals surface area contributed by atoms with Gasteiger partial charge in [0.1, 0.15) is 0 Å². The van der Waals surface area contributed by atoms with Crippen LogP contribution in [0.5, 0.6) is 0 Å². The Morgan fingerprint density at radius 1 is 1.47 bits per heavy atom. The molecule has 0 spiro atoms. The molecule has 1 heterocycles. The first-order valence-corrected chi connectivity index (χ1v) is 6.74. The van der Waals surface area contributed by atoms with E-state index < -0.39 is 0 Å². The summed E-state index contributed by atoms with van der Waals surface area (Å²) in [6.45, 7) is 4.38. The van der Waals surface area contributed by atoms with Crippen molar-refractivity contribution >= 4 is 5.91 Å². The molecule has 1 saturated heterocycles. The van der Waals surface area contributed by atoms with Gasteiger partial charge in [-0.3, -0.25) is 4.79 Å². The van der Waals surface area contributed by atoms with Crippen molar-refractivity contribution < 1.29 is 9.53 Å².